The van der Waals surface area contributed by atoms with E-state index >= 15 is 0 Å². The summed E-state index contributed by atoms with van der Waals surface area (Å²) in [6.07, 6.45) is 8.97. The largest absolute Gasteiger partial charge is 0.474 e. The van der Waals surface area contributed by atoms with Crippen molar-refractivity contribution < 1.29 is 9.47 Å². The third-order valence-electron chi connectivity index (χ3n) is 4.15. The number of hydrogen-bond donors (Lipinski definition) is 0. The SMILES string of the molecule is Clc1ccc(C2CC3=C(OC=CC3)C3=CN=COC32)cc1. The molecule has 0 N–H and O–H groups in total. The number of aliphatic imine (C=N–C) groups is 1. The molecule has 0 aromatic heterocycles. The number of fused-ring (bicyclic) bond motifs is 2. The summed E-state index contributed by atoms with van der Waals surface area (Å²) in [7, 11) is 0. The Kier molecular flexibility index (Phi) is 3.08. The van der Waals surface area contributed by atoms with E-state index in [2.05, 4.69) is 17.1 Å². The predicted molar refractivity (Wildman–Crippen MR) is 82.1 cm³/mol. The van der Waals surface area contributed by atoms with E-state index in [0.29, 0.717) is 0 Å². The van der Waals surface area contributed by atoms with Gasteiger partial charge in [0.15, 0.2) is 6.40 Å². The van der Waals surface area contributed by atoms with Gasteiger partial charge in [0.1, 0.15) is 11.9 Å². The molecule has 0 radical (unpaired) electrons. The van der Waals surface area contributed by atoms with E-state index in [4.69, 9.17) is 21.1 Å². The van der Waals surface area contributed by atoms with Crippen LogP contribution >= 0.6 is 11.6 Å². The Morgan fingerprint density at radius 1 is 1.19 bits per heavy atom. The molecule has 4 heteroatoms. The zero-order valence-corrected chi connectivity index (χ0v) is 12.1. The van der Waals surface area contributed by atoms with Gasteiger partial charge in [0.25, 0.3) is 0 Å². The molecule has 0 fully saturated rings. The Labute approximate surface area is 128 Å². The van der Waals surface area contributed by atoms with Crippen molar-refractivity contribution in [2.45, 2.75) is 24.9 Å². The van der Waals surface area contributed by atoms with Crippen LogP contribution < -0.4 is 0 Å². The minimum atomic E-state index is -0.0473. The van der Waals surface area contributed by atoms with Crippen LogP contribution in [0.15, 0.2) is 64.7 Å². The first-order valence-electron chi connectivity index (χ1n) is 6.99. The second-order valence-corrected chi connectivity index (χ2v) is 5.82. The van der Waals surface area contributed by atoms with Gasteiger partial charge >= 0.3 is 0 Å². The second kappa shape index (κ2) is 5.08. The zero-order chi connectivity index (χ0) is 14.2. The molecule has 106 valence electrons. The minimum Gasteiger partial charge on any atom is -0.474 e. The molecule has 2 atom stereocenters. The van der Waals surface area contributed by atoms with E-state index in [-0.39, 0.29) is 12.0 Å². The fourth-order valence-electron chi connectivity index (χ4n) is 3.16. The molecule has 1 aliphatic carbocycles. The second-order valence-electron chi connectivity index (χ2n) is 5.38. The summed E-state index contributed by atoms with van der Waals surface area (Å²) >= 11 is 6.00. The van der Waals surface area contributed by atoms with Crippen molar-refractivity contribution in [2.75, 3.05) is 0 Å². The number of rotatable bonds is 1. The first-order valence-corrected chi connectivity index (χ1v) is 7.37. The Bertz CT molecular complexity index is 685. The van der Waals surface area contributed by atoms with Gasteiger partial charge in [0.05, 0.1) is 11.8 Å². The Morgan fingerprint density at radius 3 is 2.90 bits per heavy atom. The average Bonchev–Trinajstić information content (AvgIpc) is 2.55. The summed E-state index contributed by atoms with van der Waals surface area (Å²) < 4.78 is 11.5. The fourth-order valence-corrected chi connectivity index (χ4v) is 3.29. The first-order chi connectivity index (χ1) is 10.3. The van der Waals surface area contributed by atoms with Crippen LogP contribution in [0, 0.1) is 0 Å². The summed E-state index contributed by atoms with van der Waals surface area (Å²) in [5.74, 6) is 1.19. The molecule has 2 heterocycles. The summed E-state index contributed by atoms with van der Waals surface area (Å²) in [5.41, 5.74) is 3.57. The van der Waals surface area contributed by atoms with Gasteiger partial charge in [-0.25, -0.2) is 4.99 Å². The highest BCUT2D eigenvalue weighted by Gasteiger charge is 2.38. The minimum absolute atomic E-state index is 0.0473. The van der Waals surface area contributed by atoms with Crippen LogP contribution in [0.5, 0.6) is 0 Å². The third-order valence-corrected chi connectivity index (χ3v) is 4.40. The molecule has 1 aromatic rings. The normalized spacial score (nSPS) is 26.4. The number of ether oxygens (including phenoxy) is 2. The molecule has 3 nitrogen and oxygen atoms in total. The van der Waals surface area contributed by atoms with Crippen molar-refractivity contribution in [2.24, 2.45) is 4.99 Å². The molecular formula is C17H14ClNO2. The summed E-state index contributed by atoms with van der Waals surface area (Å²) in [4.78, 5) is 4.13. The molecule has 0 amide bonds. The predicted octanol–water partition coefficient (Wildman–Crippen LogP) is 4.33. The van der Waals surface area contributed by atoms with Gasteiger partial charge in [-0.05, 0) is 42.2 Å². The molecule has 0 saturated heterocycles. The number of benzene rings is 1. The van der Waals surface area contributed by atoms with Gasteiger partial charge in [0.2, 0.25) is 0 Å². The third kappa shape index (κ3) is 2.18. The summed E-state index contributed by atoms with van der Waals surface area (Å²) in [6, 6.07) is 8.01. The molecule has 2 unspecified atom stereocenters. The van der Waals surface area contributed by atoms with Gasteiger partial charge in [-0.2, -0.15) is 0 Å². The van der Waals surface area contributed by atoms with Crippen LogP contribution in [0.3, 0.4) is 0 Å². The topological polar surface area (TPSA) is 30.8 Å². The van der Waals surface area contributed by atoms with Crippen LogP contribution in [0.2, 0.25) is 5.02 Å². The van der Waals surface area contributed by atoms with Crippen molar-refractivity contribution in [1.82, 2.24) is 0 Å². The lowest BCUT2D eigenvalue weighted by molar-refractivity contribution is 0.172. The zero-order valence-electron chi connectivity index (χ0n) is 11.3. The van der Waals surface area contributed by atoms with Crippen LogP contribution in [0.25, 0.3) is 0 Å². The van der Waals surface area contributed by atoms with Gasteiger partial charge in [-0.15, -0.1) is 0 Å². The number of hydrogen-bond acceptors (Lipinski definition) is 3. The smallest absolute Gasteiger partial charge is 0.174 e. The van der Waals surface area contributed by atoms with Crippen molar-refractivity contribution in [3.63, 3.8) is 0 Å². The molecule has 0 bridgehead atoms. The molecule has 0 spiro atoms. The van der Waals surface area contributed by atoms with E-state index in [1.54, 1.807) is 6.26 Å². The van der Waals surface area contributed by atoms with Crippen molar-refractivity contribution in [3.05, 3.63) is 70.3 Å². The molecule has 3 aliphatic rings. The van der Waals surface area contributed by atoms with Gasteiger partial charge in [-0.3, -0.25) is 0 Å². The van der Waals surface area contributed by atoms with Crippen LogP contribution in [-0.4, -0.2) is 12.5 Å². The van der Waals surface area contributed by atoms with E-state index in [9.17, 15) is 0 Å². The lowest BCUT2D eigenvalue weighted by atomic mass is 9.77. The Morgan fingerprint density at radius 2 is 2.05 bits per heavy atom. The monoisotopic (exact) mass is 299 g/mol. The average molecular weight is 300 g/mol. The number of halogens is 1. The molecular weight excluding hydrogens is 286 g/mol. The van der Waals surface area contributed by atoms with Crippen LogP contribution in [0.4, 0.5) is 0 Å². The highest BCUT2D eigenvalue weighted by atomic mass is 35.5. The van der Waals surface area contributed by atoms with Gasteiger partial charge < -0.3 is 9.47 Å². The van der Waals surface area contributed by atoms with Crippen molar-refractivity contribution in [3.8, 4) is 0 Å². The van der Waals surface area contributed by atoms with Gasteiger partial charge in [0, 0.05) is 17.1 Å². The highest BCUT2D eigenvalue weighted by molar-refractivity contribution is 6.30. The van der Waals surface area contributed by atoms with E-state index in [1.165, 1.54) is 17.5 Å². The quantitative estimate of drug-likeness (QED) is 0.773. The van der Waals surface area contributed by atoms with E-state index in [1.807, 2.05) is 24.4 Å². The fraction of sp³-hybridized carbons (Fsp3) is 0.235. The van der Waals surface area contributed by atoms with Crippen molar-refractivity contribution >= 4 is 18.0 Å². The lowest BCUT2D eigenvalue weighted by Gasteiger charge is -2.37. The van der Waals surface area contributed by atoms with E-state index < -0.39 is 0 Å². The Hall–Kier alpha value is -2.00. The molecule has 4 rings (SSSR count). The molecule has 2 aliphatic heterocycles. The first kappa shape index (κ1) is 12.7. The van der Waals surface area contributed by atoms with Crippen molar-refractivity contribution in [1.29, 1.82) is 0 Å². The highest BCUT2D eigenvalue weighted by Crippen LogP contribution is 2.44. The van der Waals surface area contributed by atoms with Crippen LogP contribution in [0.1, 0.15) is 24.3 Å². The molecule has 0 saturated carbocycles. The maximum Gasteiger partial charge on any atom is 0.174 e. The molecule has 1 aromatic carbocycles. The Balaban J connectivity index is 1.76. The lowest BCUT2D eigenvalue weighted by Crippen LogP contribution is -2.32. The summed E-state index contributed by atoms with van der Waals surface area (Å²) in [5, 5.41) is 0.750. The molecule has 21 heavy (non-hydrogen) atoms. The van der Waals surface area contributed by atoms with Gasteiger partial charge in [-0.1, -0.05) is 23.7 Å². The maximum atomic E-state index is 6.00. The number of allylic oxidation sites excluding steroid dienone is 2. The summed E-state index contributed by atoms with van der Waals surface area (Å²) in [6.45, 7) is 0. The van der Waals surface area contributed by atoms with E-state index in [0.717, 1.165) is 29.2 Å². The maximum absolute atomic E-state index is 6.00. The van der Waals surface area contributed by atoms with Crippen LogP contribution in [-0.2, 0) is 9.47 Å². The number of nitrogens with zero attached hydrogens (tertiary/aromatic N) is 1. The standard InChI is InChI=1S/C17H14ClNO2/c18-13-5-3-11(4-6-13)14-8-12-2-1-7-20-16(12)15-9-19-10-21-17(14)15/h1,3-7,9-10,14,17H,2,8H2.